The molecule has 0 unspecified atom stereocenters. The molecule has 2 heterocycles. The fourth-order valence-electron chi connectivity index (χ4n) is 3.03. The summed E-state index contributed by atoms with van der Waals surface area (Å²) in [5.74, 6) is 0.0259. The van der Waals surface area contributed by atoms with E-state index in [1.165, 1.54) is 18.2 Å². The van der Waals surface area contributed by atoms with Crippen LogP contribution in [-0.2, 0) is 21.1 Å². The summed E-state index contributed by atoms with van der Waals surface area (Å²) in [5, 5.41) is 7.28. The van der Waals surface area contributed by atoms with Crippen LogP contribution in [0.4, 0.5) is 0 Å². The zero-order chi connectivity index (χ0) is 18.6. The van der Waals surface area contributed by atoms with E-state index in [-0.39, 0.29) is 11.9 Å². The van der Waals surface area contributed by atoms with Gasteiger partial charge in [0.25, 0.3) is 0 Å². The summed E-state index contributed by atoms with van der Waals surface area (Å²) in [7, 11) is -3.18. The van der Waals surface area contributed by atoms with Crippen LogP contribution in [0.5, 0.6) is 0 Å². The molecule has 1 amide bonds. The van der Waals surface area contributed by atoms with Gasteiger partial charge in [-0.05, 0) is 52.9 Å². The molecule has 3 rings (SSSR count). The maximum absolute atomic E-state index is 12.2. The number of nitrogens with zero attached hydrogens (tertiary/aromatic N) is 1. The first kappa shape index (κ1) is 19.1. The number of sulfone groups is 1. The molecule has 1 N–H and O–H groups in total. The van der Waals surface area contributed by atoms with Crippen molar-refractivity contribution < 1.29 is 13.2 Å². The van der Waals surface area contributed by atoms with Crippen LogP contribution in [0.2, 0.25) is 0 Å². The van der Waals surface area contributed by atoms with E-state index in [4.69, 9.17) is 0 Å². The maximum atomic E-state index is 12.2. The first-order valence-electron chi connectivity index (χ1n) is 8.75. The van der Waals surface area contributed by atoms with Crippen LogP contribution in [-0.4, -0.2) is 45.1 Å². The highest BCUT2D eigenvalue weighted by atomic mass is 32.2. The second kappa shape index (κ2) is 8.33. The Balaban J connectivity index is 1.49. The highest BCUT2D eigenvalue weighted by Crippen LogP contribution is 2.26. The number of thiophene rings is 1. The molecule has 7 heteroatoms. The molecule has 0 saturated carbocycles. The van der Waals surface area contributed by atoms with Crippen LogP contribution in [0.25, 0.3) is 0 Å². The highest BCUT2D eigenvalue weighted by Gasteiger charge is 2.25. The van der Waals surface area contributed by atoms with Crippen molar-refractivity contribution >= 4 is 27.1 Å². The van der Waals surface area contributed by atoms with Crippen LogP contribution in [0.15, 0.2) is 46.0 Å². The molecule has 1 aromatic carbocycles. The minimum absolute atomic E-state index is 0.0259. The third-order valence-electron chi connectivity index (χ3n) is 4.74. The molecule has 1 fully saturated rings. The van der Waals surface area contributed by atoms with E-state index in [1.807, 2.05) is 0 Å². The number of amides is 1. The van der Waals surface area contributed by atoms with Crippen LogP contribution < -0.4 is 5.32 Å². The van der Waals surface area contributed by atoms with Crippen molar-refractivity contribution in [1.82, 2.24) is 10.2 Å². The van der Waals surface area contributed by atoms with Gasteiger partial charge in [-0.15, -0.1) is 0 Å². The lowest BCUT2D eigenvalue weighted by Gasteiger charge is -2.38. The lowest BCUT2D eigenvalue weighted by Crippen LogP contribution is -2.45. The molecular weight excluding hydrogens is 368 g/mol. The van der Waals surface area contributed by atoms with Crippen molar-refractivity contribution in [3.8, 4) is 0 Å². The van der Waals surface area contributed by atoms with Gasteiger partial charge >= 0.3 is 0 Å². The molecule has 1 aliphatic heterocycles. The topological polar surface area (TPSA) is 66.5 Å². The Bertz CT molecular complexity index is 826. The van der Waals surface area contributed by atoms with Gasteiger partial charge in [0.1, 0.15) is 0 Å². The third kappa shape index (κ3) is 4.93. The van der Waals surface area contributed by atoms with E-state index in [0.717, 1.165) is 18.7 Å². The second-order valence-electron chi connectivity index (χ2n) is 6.68. The predicted molar refractivity (Wildman–Crippen MR) is 104 cm³/mol. The van der Waals surface area contributed by atoms with Crippen molar-refractivity contribution in [1.29, 1.82) is 0 Å². The smallest absolute Gasteiger partial charge is 0.220 e. The van der Waals surface area contributed by atoms with Gasteiger partial charge in [-0.25, -0.2) is 8.42 Å². The molecule has 5 nitrogen and oxygen atoms in total. The second-order valence-corrected chi connectivity index (χ2v) is 9.48. The molecule has 1 atom stereocenters. The van der Waals surface area contributed by atoms with Gasteiger partial charge in [-0.1, -0.05) is 12.1 Å². The average molecular weight is 393 g/mol. The van der Waals surface area contributed by atoms with Gasteiger partial charge in [-0.2, -0.15) is 11.3 Å². The van der Waals surface area contributed by atoms with Crippen molar-refractivity contribution in [2.24, 2.45) is 0 Å². The van der Waals surface area contributed by atoms with Crippen LogP contribution in [0.1, 0.15) is 30.0 Å². The van der Waals surface area contributed by atoms with Crippen molar-refractivity contribution in [2.45, 2.75) is 30.2 Å². The molecular formula is C19H24N2O3S2. The number of carbonyl (C=O) groups excluding carboxylic acids is 1. The van der Waals surface area contributed by atoms with Crippen LogP contribution in [0, 0.1) is 0 Å². The van der Waals surface area contributed by atoms with Crippen LogP contribution in [0.3, 0.4) is 0 Å². The largest absolute Gasteiger partial charge is 0.354 e. The highest BCUT2D eigenvalue weighted by molar-refractivity contribution is 7.90. The molecule has 140 valence electrons. The van der Waals surface area contributed by atoms with Crippen molar-refractivity contribution in [3.63, 3.8) is 0 Å². The van der Waals surface area contributed by atoms with Gasteiger partial charge in [-0.3, -0.25) is 9.69 Å². The van der Waals surface area contributed by atoms with Gasteiger partial charge < -0.3 is 5.32 Å². The molecule has 1 saturated heterocycles. The first-order chi connectivity index (χ1) is 12.4. The molecule has 1 aromatic heterocycles. The predicted octanol–water partition coefficient (Wildman–Crippen LogP) is 2.65. The summed E-state index contributed by atoms with van der Waals surface area (Å²) >= 11 is 1.68. The van der Waals surface area contributed by atoms with Crippen molar-refractivity contribution in [2.75, 3.05) is 25.9 Å². The Morgan fingerprint density at radius 2 is 1.96 bits per heavy atom. The number of carbonyl (C=O) groups is 1. The Morgan fingerprint density at radius 1 is 1.23 bits per heavy atom. The van der Waals surface area contributed by atoms with Crippen molar-refractivity contribution in [3.05, 3.63) is 52.2 Å². The Hall–Kier alpha value is -1.70. The summed E-state index contributed by atoms with van der Waals surface area (Å²) < 4.78 is 22.9. The van der Waals surface area contributed by atoms with E-state index >= 15 is 0 Å². The molecule has 0 radical (unpaired) electrons. The molecule has 1 aliphatic rings. The third-order valence-corrected chi connectivity index (χ3v) is 6.57. The quantitative estimate of drug-likeness (QED) is 0.750. The Labute approximate surface area is 159 Å². The minimum atomic E-state index is -3.18. The molecule has 0 bridgehead atoms. The fourth-order valence-corrected chi connectivity index (χ4v) is 4.37. The van der Waals surface area contributed by atoms with E-state index < -0.39 is 9.84 Å². The number of likely N-dealkylation sites (tertiary alicyclic amines) is 1. The lowest BCUT2D eigenvalue weighted by atomic mass is 10.0. The summed E-state index contributed by atoms with van der Waals surface area (Å²) in [4.78, 5) is 14.9. The minimum Gasteiger partial charge on any atom is -0.354 e. The Kier molecular flexibility index (Phi) is 6.11. The maximum Gasteiger partial charge on any atom is 0.220 e. The number of hydrogen-bond acceptors (Lipinski definition) is 5. The molecule has 2 aromatic rings. The summed E-state index contributed by atoms with van der Waals surface area (Å²) in [6.45, 7) is 2.80. The number of hydrogen-bond donors (Lipinski definition) is 1. The SMILES string of the molecule is CS(=O)(=O)c1ccc(CCC(=O)NC[C@H](c2ccsc2)N2CCC2)cc1. The van der Waals surface area contributed by atoms with Crippen LogP contribution >= 0.6 is 11.3 Å². The first-order valence-corrected chi connectivity index (χ1v) is 11.6. The summed E-state index contributed by atoms with van der Waals surface area (Å²) in [6, 6.07) is 9.13. The molecule has 0 aliphatic carbocycles. The van der Waals surface area contributed by atoms with Gasteiger partial charge in [0.05, 0.1) is 10.9 Å². The monoisotopic (exact) mass is 392 g/mol. The standard InChI is InChI=1S/C19H24N2O3S2/c1-26(23,24)17-6-3-15(4-7-17)5-8-19(22)20-13-18(21-10-2-11-21)16-9-12-25-14-16/h3-4,6-7,9,12,14,18H,2,5,8,10-11,13H2,1H3,(H,20,22)/t18-/m1/s1. The summed E-state index contributed by atoms with van der Waals surface area (Å²) in [5.41, 5.74) is 2.23. The van der Waals surface area contributed by atoms with E-state index in [1.54, 1.807) is 35.6 Å². The average Bonchev–Trinajstić information content (AvgIpc) is 3.08. The normalized spacial score (nSPS) is 16.0. The zero-order valence-electron chi connectivity index (χ0n) is 14.8. The van der Waals surface area contributed by atoms with E-state index in [2.05, 4.69) is 27.0 Å². The van der Waals surface area contributed by atoms with Gasteiger partial charge in [0.15, 0.2) is 9.84 Å². The zero-order valence-corrected chi connectivity index (χ0v) is 16.5. The molecule has 26 heavy (non-hydrogen) atoms. The van der Waals surface area contributed by atoms with E-state index in [9.17, 15) is 13.2 Å². The number of rotatable bonds is 8. The fraction of sp³-hybridized carbons (Fsp3) is 0.421. The lowest BCUT2D eigenvalue weighted by molar-refractivity contribution is -0.121. The number of aryl methyl sites for hydroxylation is 1. The molecule has 0 spiro atoms. The number of nitrogens with one attached hydrogen (secondary N) is 1. The van der Waals surface area contributed by atoms with Gasteiger partial charge in [0.2, 0.25) is 5.91 Å². The number of benzene rings is 1. The van der Waals surface area contributed by atoms with E-state index in [0.29, 0.717) is 24.3 Å². The Morgan fingerprint density at radius 3 is 2.50 bits per heavy atom. The summed E-state index contributed by atoms with van der Waals surface area (Å²) in [6.07, 6.45) is 3.41. The van der Waals surface area contributed by atoms with Gasteiger partial charge in [0, 0.05) is 32.3 Å².